The molecule has 0 aliphatic carbocycles. The Morgan fingerprint density at radius 2 is 1.88 bits per heavy atom. The average Bonchev–Trinajstić information content (AvgIpc) is 3.07. The van der Waals surface area contributed by atoms with E-state index in [4.69, 9.17) is 11.6 Å². The number of carbonyl (C=O) groups is 1. The highest BCUT2D eigenvalue weighted by atomic mass is 35.5. The number of pyridine rings is 1. The smallest absolute Gasteiger partial charge is 0.245 e. The second kappa shape index (κ2) is 9.39. The molecule has 4 rings (SSSR count). The minimum atomic E-state index is -3.79. The van der Waals surface area contributed by atoms with Gasteiger partial charge >= 0.3 is 0 Å². The molecule has 2 heterocycles. The highest BCUT2D eigenvalue weighted by Crippen LogP contribution is 2.44. The molecule has 1 saturated heterocycles. The molecule has 0 radical (unpaired) electrons. The fourth-order valence-corrected chi connectivity index (χ4v) is 7.17. The Bertz CT molecular complexity index is 1250. The van der Waals surface area contributed by atoms with Crippen molar-refractivity contribution in [2.75, 3.05) is 19.6 Å². The van der Waals surface area contributed by atoms with Crippen LogP contribution in [0.3, 0.4) is 0 Å². The minimum absolute atomic E-state index is 0.0137. The molecule has 168 valence electrons. The number of amides is 1. The predicted molar refractivity (Wildman–Crippen MR) is 129 cm³/mol. The van der Waals surface area contributed by atoms with Crippen molar-refractivity contribution in [2.24, 2.45) is 0 Å². The van der Waals surface area contributed by atoms with E-state index in [1.807, 2.05) is 37.3 Å². The van der Waals surface area contributed by atoms with Gasteiger partial charge in [0.25, 0.3) is 0 Å². The molecule has 2 atom stereocenters. The van der Waals surface area contributed by atoms with Crippen molar-refractivity contribution in [3.63, 3.8) is 0 Å². The number of para-hydroxylation sites is 1. The fraction of sp³-hybridized carbons (Fsp3) is 0.304. The minimum Gasteiger partial charge on any atom is -0.324 e. The van der Waals surface area contributed by atoms with Gasteiger partial charge in [-0.2, -0.15) is 4.31 Å². The van der Waals surface area contributed by atoms with Gasteiger partial charge < -0.3 is 4.90 Å². The normalized spacial score (nSPS) is 19.2. The number of aromatic nitrogens is 1. The Morgan fingerprint density at radius 1 is 1.12 bits per heavy atom. The third-order valence-electron chi connectivity index (χ3n) is 5.57. The highest BCUT2D eigenvalue weighted by Gasteiger charge is 2.39. The van der Waals surface area contributed by atoms with E-state index in [-0.39, 0.29) is 41.1 Å². The molecule has 9 heteroatoms. The molecule has 3 aromatic rings. The van der Waals surface area contributed by atoms with E-state index in [1.54, 1.807) is 42.3 Å². The summed E-state index contributed by atoms with van der Waals surface area (Å²) >= 11 is 7.93. The summed E-state index contributed by atoms with van der Waals surface area (Å²) in [7, 11) is -3.79. The van der Waals surface area contributed by atoms with Gasteiger partial charge in [-0.25, -0.2) is 8.42 Å². The van der Waals surface area contributed by atoms with Crippen LogP contribution in [0.1, 0.15) is 24.8 Å². The Balaban J connectivity index is 1.60. The molecular formula is C23H24ClN3O3S2. The molecule has 0 bridgehead atoms. The molecule has 1 amide bonds. The van der Waals surface area contributed by atoms with Crippen LogP contribution in [0.4, 0.5) is 0 Å². The van der Waals surface area contributed by atoms with Crippen molar-refractivity contribution in [2.45, 2.75) is 29.4 Å². The van der Waals surface area contributed by atoms with Crippen LogP contribution >= 0.6 is 23.4 Å². The van der Waals surface area contributed by atoms with Gasteiger partial charge in [-0.1, -0.05) is 54.9 Å². The molecule has 1 aliphatic heterocycles. The van der Waals surface area contributed by atoms with Gasteiger partial charge in [-0.15, -0.1) is 11.8 Å². The summed E-state index contributed by atoms with van der Waals surface area (Å²) in [5.41, 5.74) is 1.31. The highest BCUT2D eigenvalue weighted by molar-refractivity contribution is 8.01. The predicted octanol–water partition coefficient (Wildman–Crippen LogP) is 4.56. The first-order chi connectivity index (χ1) is 15.3. The largest absolute Gasteiger partial charge is 0.324 e. The van der Waals surface area contributed by atoms with Gasteiger partial charge in [0.2, 0.25) is 15.9 Å². The molecule has 0 unspecified atom stereocenters. The number of rotatable bonds is 7. The Hall–Kier alpha value is -2.13. The number of fused-ring (bicyclic) bond motifs is 1. The van der Waals surface area contributed by atoms with E-state index in [0.29, 0.717) is 10.5 Å². The van der Waals surface area contributed by atoms with Gasteiger partial charge in [0, 0.05) is 41.8 Å². The molecule has 0 spiro atoms. The number of benzene rings is 2. The maximum absolute atomic E-state index is 13.5. The van der Waals surface area contributed by atoms with E-state index in [0.717, 1.165) is 10.9 Å². The summed E-state index contributed by atoms with van der Waals surface area (Å²) < 4.78 is 28.4. The van der Waals surface area contributed by atoms with Crippen molar-refractivity contribution in [1.82, 2.24) is 14.2 Å². The second-order valence-electron chi connectivity index (χ2n) is 7.51. The molecular weight excluding hydrogens is 466 g/mol. The van der Waals surface area contributed by atoms with Crippen LogP contribution in [0.25, 0.3) is 10.9 Å². The molecule has 1 aliphatic rings. The summed E-state index contributed by atoms with van der Waals surface area (Å²) in [6.07, 6.45) is 1.59. The maximum atomic E-state index is 13.5. The zero-order valence-corrected chi connectivity index (χ0v) is 20.2. The van der Waals surface area contributed by atoms with Gasteiger partial charge in [0.15, 0.2) is 0 Å². The second-order valence-corrected chi connectivity index (χ2v) is 11.3. The van der Waals surface area contributed by atoms with Gasteiger partial charge in [-0.05, 0) is 25.1 Å². The van der Waals surface area contributed by atoms with Crippen molar-refractivity contribution in [1.29, 1.82) is 0 Å². The first kappa shape index (κ1) is 23.0. The number of carbonyl (C=O) groups excluding carboxylic acids is 1. The number of sulfonamides is 1. The number of hydrogen-bond donors (Lipinski definition) is 0. The monoisotopic (exact) mass is 489 g/mol. The number of likely N-dealkylation sites (N-methyl/N-ethyl adjacent to an activating group) is 1. The third kappa shape index (κ3) is 4.24. The number of thioether (sulfide) groups is 1. The lowest BCUT2D eigenvalue weighted by molar-refractivity contribution is -0.129. The summed E-state index contributed by atoms with van der Waals surface area (Å²) in [4.78, 5) is 19.1. The summed E-state index contributed by atoms with van der Waals surface area (Å²) in [6, 6.07) is 16.2. The van der Waals surface area contributed by atoms with Gasteiger partial charge in [0.05, 0.1) is 10.8 Å². The maximum Gasteiger partial charge on any atom is 0.245 e. The quantitative estimate of drug-likeness (QED) is 0.486. The lowest BCUT2D eigenvalue weighted by Crippen LogP contribution is -2.40. The van der Waals surface area contributed by atoms with E-state index < -0.39 is 10.0 Å². The summed E-state index contributed by atoms with van der Waals surface area (Å²) in [6.45, 7) is 4.41. The Morgan fingerprint density at radius 3 is 2.62 bits per heavy atom. The SMILES string of the molecule is CCN(CCN1C(=O)[C@@H](C)S[C@@H]1c1ccccc1Cl)S(=O)(=O)c1cccc2cccnc12. The van der Waals surface area contributed by atoms with E-state index in [1.165, 1.54) is 16.1 Å². The number of halogens is 1. The van der Waals surface area contributed by atoms with Gasteiger partial charge in [0.1, 0.15) is 10.3 Å². The van der Waals surface area contributed by atoms with Crippen LogP contribution in [0.15, 0.2) is 65.7 Å². The molecule has 6 nitrogen and oxygen atoms in total. The van der Waals surface area contributed by atoms with E-state index >= 15 is 0 Å². The fourth-order valence-electron chi connectivity index (χ4n) is 3.91. The van der Waals surface area contributed by atoms with E-state index in [9.17, 15) is 13.2 Å². The van der Waals surface area contributed by atoms with Crippen LogP contribution in [0, 0.1) is 0 Å². The van der Waals surface area contributed by atoms with Gasteiger partial charge in [-0.3, -0.25) is 9.78 Å². The molecule has 0 saturated carbocycles. The third-order valence-corrected chi connectivity index (χ3v) is 9.30. The number of hydrogen-bond acceptors (Lipinski definition) is 5. The summed E-state index contributed by atoms with van der Waals surface area (Å²) in [5, 5.41) is 0.902. The lowest BCUT2D eigenvalue weighted by Gasteiger charge is -2.28. The molecule has 0 N–H and O–H groups in total. The van der Waals surface area contributed by atoms with Crippen molar-refractivity contribution >= 4 is 50.2 Å². The van der Waals surface area contributed by atoms with E-state index in [2.05, 4.69) is 4.98 Å². The summed E-state index contributed by atoms with van der Waals surface area (Å²) in [5.74, 6) is -0.0137. The zero-order chi connectivity index (χ0) is 22.9. The lowest BCUT2D eigenvalue weighted by atomic mass is 10.2. The average molecular weight is 490 g/mol. The molecule has 1 aromatic heterocycles. The Kier molecular flexibility index (Phi) is 6.76. The Labute approximate surface area is 197 Å². The standard InChI is InChI=1S/C23H24ClN3O3S2/c1-3-26(32(29,30)20-12-6-8-17-9-7-13-25-21(17)20)14-15-27-22(28)16(2)31-23(27)18-10-4-5-11-19(18)24/h4-13,16,23H,3,14-15H2,1-2H3/t16-,23-/m1/s1. The van der Waals surface area contributed by atoms with Crippen molar-refractivity contribution < 1.29 is 13.2 Å². The first-order valence-corrected chi connectivity index (χ1v) is 13.1. The van der Waals surface area contributed by atoms with Crippen molar-refractivity contribution in [3.8, 4) is 0 Å². The molecule has 1 fully saturated rings. The van der Waals surface area contributed by atoms with Crippen LogP contribution in [0.5, 0.6) is 0 Å². The van der Waals surface area contributed by atoms with Crippen LogP contribution in [0.2, 0.25) is 5.02 Å². The van der Waals surface area contributed by atoms with Crippen LogP contribution < -0.4 is 0 Å². The first-order valence-electron chi connectivity index (χ1n) is 10.4. The zero-order valence-electron chi connectivity index (χ0n) is 17.8. The van der Waals surface area contributed by atoms with Crippen LogP contribution in [-0.4, -0.2) is 53.4 Å². The van der Waals surface area contributed by atoms with Crippen LogP contribution in [-0.2, 0) is 14.8 Å². The molecule has 2 aromatic carbocycles. The molecule has 32 heavy (non-hydrogen) atoms. The topological polar surface area (TPSA) is 70.6 Å². The number of nitrogens with zero attached hydrogens (tertiary/aromatic N) is 3. The van der Waals surface area contributed by atoms with Crippen molar-refractivity contribution in [3.05, 3.63) is 71.4 Å².